The second-order valence-corrected chi connectivity index (χ2v) is 4.50. The number of rotatable bonds is 5. The smallest absolute Gasteiger partial charge is 0.223 e. The molecule has 0 bridgehead atoms. The minimum absolute atomic E-state index is 0.147. The summed E-state index contributed by atoms with van der Waals surface area (Å²) in [6, 6.07) is 11.2. The molecule has 0 radical (unpaired) electrons. The summed E-state index contributed by atoms with van der Waals surface area (Å²) in [5, 5.41) is 0. The summed E-state index contributed by atoms with van der Waals surface area (Å²) in [5.41, 5.74) is 7.47. The fraction of sp³-hybridized carbons (Fsp3) is 0.188. The topological polar surface area (TPSA) is 57.2 Å². The normalized spacial score (nSPS) is 11.9. The van der Waals surface area contributed by atoms with Crippen molar-refractivity contribution in [3.63, 3.8) is 0 Å². The van der Waals surface area contributed by atoms with E-state index in [1.807, 2.05) is 37.3 Å². The molecule has 1 unspecified atom stereocenters. The SMILES string of the molecule is C=CC(N)n1ccc(=O)c(OCc2ccccc2)c1C. The molecule has 4 nitrogen and oxygen atoms in total. The van der Waals surface area contributed by atoms with Gasteiger partial charge in [-0.05, 0) is 12.5 Å². The molecule has 4 heteroatoms. The number of nitrogens with two attached hydrogens (primary N) is 1. The van der Waals surface area contributed by atoms with Crippen LogP contribution in [0.1, 0.15) is 17.4 Å². The van der Waals surface area contributed by atoms with E-state index in [9.17, 15) is 4.79 Å². The Labute approximate surface area is 118 Å². The summed E-state index contributed by atoms with van der Waals surface area (Å²) in [5.74, 6) is 0.327. The highest BCUT2D eigenvalue weighted by Crippen LogP contribution is 2.16. The van der Waals surface area contributed by atoms with Crippen LogP contribution in [-0.2, 0) is 6.61 Å². The summed E-state index contributed by atoms with van der Waals surface area (Å²) >= 11 is 0. The Morgan fingerprint density at radius 3 is 2.70 bits per heavy atom. The molecule has 2 rings (SSSR count). The minimum atomic E-state index is -0.380. The average molecular weight is 270 g/mol. The lowest BCUT2D eigenvalue weighted by molar-refractivity contribution is 0.296. The van der Waals surface area contributed by atoms with Gasteiger partial charge in [-0.2, -0.15) is 0 Å². The van der Waals surface area contributed by atoms with Gasteiger partial charge < -0.3 is 15.0 Å². The van der Waals surface area contributed by atoms with Crippen LogP contribution in [0.4, 0.5) is 0 Å². The van der Waals surface area contributed by atoms with Gasteiger partial charge in [0.15, 0.2) is 5.75 Å². The van der Waals surface area contributed by atoms with Crippen molar-refractivity contribution in [2.24, 2.45) is 5.73 Å². The van der Waals surface area contributed by atoms with Crippen LogP contribution in [0.15, 0.2) is 60.0 Å². The molecule has 0 aliphatic rings. The van der Waals surface area contributed by atoms with Gasteiger partial charge in [0.1, 0.15) is 6.61 Å². The van der Waals surface area contributed by atoms with Gasteiger partial charge >= 0.3 is 0 Å². The molecule has 104 valence electrons. The van der Waals surface area contributed by atoms with Gasteiger partial charge in [0.05, 0.1) is 11.9 Å². The summed E-state index contributed by atoms with van der Waals surface area (Å²) in [6.07, 6.45) is 2.88. The number of pyridine rings is 1. The van der Waals surface area contributed by atoms with Crippen LogP contribution in [0.25, 0.3) is 0 Å². The summed E-state index contributed by atoms with van der Waals surface area (Å²) in [7, 11) is 0. The largest absolute Gasteiger partial charge is 0.483 e. The molecular weight excluding hydrogens is 252 g/mol. The predicted molar refractivity (Wildman–Crippen MR) is 79.6 cm³/mol. The van der Waals surface area contributed by atoms with Crippen LogP contribution in [-0.4, -0.2) is 4.57 Å². The first kappa shape index (κ1) is 14.1. The fourth-order valence-electron chi connectivity index (χ4n) is 1.97. The summed E-state index contributed by atoms with van der Waals surface area (Å²) in [4.78, 5) is 11.9. The molecule has 1 heterocycles. The first-order valence-electron chi connectivity index (χ1n) is 6.40. The highest BCUT2D eigenvalue weighted by molar-refractivity contribution is 5.28. The lowest BCUT2D eigenvalue weighted by Gasteiger charge is -2.18. The number of aromatic nitrogens is 1. The van der Waals surface area contributed by atoms with Crippen LogP contribution in [0.3, 0.4) is 0 Å². The number of hydrogen-bond donors (Lipinski definition) is 1. The van der Waals surface area contributed by atoms with Gasteiger partial charge in [0.25, 0.3) is 0 Å². The standard InChI is InChI=1S/C16H18N2O2/c1-3-15(17)18-10-9-14(19)16(12(18)2)20-11-13-7-5-4-6-8-13/h3-10,15H,1,11,17H2,2H3. The zero-order valence-corrected chi connectivity index (χ0v) is 11.5. The molecule has 0 saturated heterocycles. The number of nitrogens with zero attached hydrogens (tertiary/aromatic N) is 1. The lowest BCUT2D eigenvalue weighted by Crippen LogP contribution is -2.22. The Bertz CT molecular complexity index is 647. The monoisotopic (exact) mass is 270 g/mol. The molecule has 0 fully saturated rings. The molecular formula is C16H18N2O2. The van der Waals surface area contributed by atoms with E-state index < -0.39 is 0 Å². The Morgan fingerprint density at radius 2 is 2.05 bits per heavy atom. The van der Waals surface area contributed by atoms with E-state index in [4.69, 9.17) is 10.5 Å². The molecule has 0 saturated carbocycles. The van der Waals surface area contributed by atoms with E-state index in [1.165, 1.54) is 6.07 Å². The number of ether oxygens (including phenoxy) is 1. The van der Waals surface area contributed by atoms with Gasteiger partial charge in [-0.1, -0.05) is 43.0 Å². The molecule has 0 amide bonds. The molecule has 20 heavy (non-hydrogen) atoms. The predicted octanol–water partition coefficient (Wildman–Crippen LogP) is 2.38. The van der Waals surface area contributed by atoms with E-state index in [1.54, 1.807) is 16.8 Å². The van der Waals surface area contributed by atoms with Crippen LogP contribution >= 0.6 is 0 Å². The van der Waals surface area contributed by atoms with E-state index in [0.717, 1.165) is 5.56 Å². The average Bonchev–Trinajstić information content (AvgIpc) is 2.47. The maximum absolute atomic E-state index is 11.9. The Hall–Kier alpha value is -2.33. The van der Waals surface area contributed by atoms with Crippen molar-refractivity contribution in [1.82, 2.24) is 4.57 Å². The molecule has 2 N–H and O–H groups in total. The van der Waals surface area contributed by atoms with Crippen molar-refractivity contribution < 1.29 is 4.74 Å². The minimum Gasteiger partial charge on any atom is -0.483 e. The zero-order chi connectivity index (χ0) is 14.5. The van der Waals surface area contributed by atoms with Gasteiger partial charge in [0, 0.05) is 12.3 Å². The molecule has 0 aliphatic carbocycles. The quantitative estimate of drug-likeness (QED) is 0.849. The van der Waals surface area contributed by atoms with E-state index >= 15 is 0 Å². The van der Waals surface area contributed by atoms with E-state index in [0.29, 0.717) is 18.1 Å². The van der Waals surface area contributed by atoms with Crippen molar-refractivity contribution in [2.75, 3.05) is 0 Å². The van der Waals surface area contributed by atoms with Crippen LogP contribution in [0, 0.1) is 6.92 Å². The highest BCUT2D eigenvalue weighted by Gasteiger charge is 2.11. The Morgan fingerprint density at radius 1 is 1.35 bits per heavy atom. The Kier molecular flexibility index (Phi) is 4.38. The van der Waals surface area contributed by atoms with Gasteiger partial charge in [0.2, 0.25) is 5.43 Å². The third-order valence-corrected chi connectivity index (χ3v) is 3.11. The van der Waals surface area contributed by atoms with E-state index in [-0.39, 0.29) is 11.6 Å². The van der Waals surface area contributed by atoms with Gasteiger partial charge in [-0.3, -0.25) is 4.79 Å². The zero-order valence-electron chi connectivity index (χ0n) is 11.5. The highest BCUT2D eigenvalue weighted by atomic mass is 16.5. The molecule has 2 aromatic rings. The van der Waals surface area contributed by atoms with Crippen molar-refractivity contribution >= 4 is 0 Å². The molecule has 1 atom stereocenters. The molecule has 0 aliphatic heterocycles. The van der Waals surface area contributed by atoms with Crippen molar-refractivity contribution in [2.45, 2.75) is 19.7 Å². The van der Waals surface area contributed by atoms with Crippen molar-refractivity contribution in [3.05, 3.63) is 76.7 Å². The third kappa shape index (κ3) is 2.97. The maximum Gasteiger partial charge on any atom is 0.223 e. The third-order valence-electron chi connectivity index (χ3n) is 3.11. The van der Waals surface area contributed by atoms with Gasteiger partial charge in [-0.25, -0.2) is 0 Å². The number of benzene rings is 1. The van der Waals surface area contributed by atoms with Crippen LogP contribution in [0.5, 0.6) is 5.75 Å². The Balaban J connectivity index is 2.27. The van der Waals surface area contributed by atoms with Crippen molar-refractivity contribution in [3.8, 4) is 5.75 Å². The molecule has 1 aromatic heterocycles. The first-order valence-corrected chi connectivity index (χ1v) is 6.40. The molecule has 1 aromatic carbocycles. The van der Waals surface area contributed by atoms with E-state index in [2.05, 4.69) is 6.58 Å². The van der Waals surface area contributed by atoms with Crippen LogP contribution < -0.4 is 15.9 Å². The lowest BCUT2D eigenvalue weighted by atomic mass is 10.2. The summed E-state index contributed by atoms with van der Waals surface area (Å²) in [6.45, 7) is 5.82. The second-order valence-electron chi connectivity index (χ2n) is 4.50. The maximum atomic E-state index is 11.9. The van der Waals surface area contributed by atoms with Crippen molar-refractivity contribution in [1.29, 1.82) is 0 Å². The molecule has 0 spiro atoms. The van der Waals surface area contributed by atoms with Gasteiger partial charge in [-0.15, -0.1) is 0 Å². The summed E-state index contributed by atoms with van der Waals surface area (Å²) < 4.78 is 7.42. The first-order chi connectivity index (χ1) is 9.63. The number of hydrogen-bond acceptors (Lipinski definition) is 3. The fourth-order valence-corrected chi connectivity index (χ4v) is 1.97. The van der Waals surface area contributed by atoms with Crippen LogP contribution in [0.2, 0.25) is 0 Å². The second kappa shape index (κ2) is 6.21.